The lowest BCUT2D eigenvalue weighted by molar-refractivity contribution is -0.384. The van der Waals surface area contributed by atoms with Crippen LogP contribution in [0.25, 0.3) is 0 Å². The summed E-state index contributed by atoms with van der Waals surface area (Å²) in [7, 11) is -2.48. The first-order valence-corrected chi connectivity index (χ1v) is 12.2. The van der Waals surface area contributed by atoms with Crippen molar-refractivity contribution in [2.24, 2.45) is 0 Å². The molecule has 34 heavy (non-hydrogen) atoms. The normalized spacial score (nSPS) is 11.9. The number of rotatable bonds is 11. The number of hydrogen-bond donors (Lipinski definition) is 1. The van der Waals surface area contributed by atoms with E-state index in [1.54, 1.807) is 38.1 Å². The van der Waals surface area contributed by atoms with Crippen LogP contribution in [0.2, 0.25) is 0 Å². The number of nitro groups is 1. The molecule has 0 saturated carbocycles. The smallest absolute Gasteiger partial charge is 0.271 e. The van der Waals surface area contributed by atoms with Crippen molar-refractivity contribution < 1.29 is 27.7 Å². The van der Waals surface area contributed by atoms with Crippen LogP contribution in [-0.2, 0) is 26.2 Å². The third-order valence-corrected chi connectivity index (χ3v) is 6.15. The largest absolute Gasteiger partial charge is 0.497 e. The molecule has 2 amide bonds. The van der Waals surface area contributed by atoms with Gasteiger partial charge in [-0.15, -0.1) is 0 Å². The average molecular weight is 493 g/mol. The number of likely N-dealkylation sites (N-methyl/N-ethyl adjacent to an activating group) is 1. The highest BCUT2D eigenvalue weighted by Gasteiger charge is 2.30. The summed E-state index contributed by atoms with van der Waals surface area (Å²) in [5.41, 5.74) is 0.324. The Bertz CT molecular complexity index is 1150. The second kappa shape index (κ2) is 11.5. The molecule has 2 rings (SSSR count). The molecule has 0 radical (unpaired) electrons. The molecule has 0 bridgehead atoms. The van der Waals surface area contributed by atoms with E-state index < -0.39 is 39.3 Å². The van der Waals surface area contributed by atoms with E-state index in [1.807, 2.05) is 0 Å². The molecular weight excluding hydrogens is 464 g/mol. The van der Waals surface area contributed by atoms with Crippen LogP contribution in [-0.4, -0.2) is 62.6 Å². The van der Waals surface area contributed by atoms with Crippen molar-refractivity contribution in [1.82, 2.24) is 10.2 Å². The minimum absolute atomic E-state index is 0.0148. The fourth-order valence-electron chi connectivity index (χ4n) is 3.25. The van der Waals surface area contributed by atoms with Crippen molar-refractivity contribution >= 4 is 33.2 Å². The fraction of sp³-hybridized carbons (Fsp3) is 0.364. The van der Waals surface area contributed by atoms with Crippen LogP contribution < -0.4 is 14.4 Å². The molecule has 11 nitrogen and oxygen atoms in total. The molecule has 2 aromatic carbocycles. The maximum absolute atomic E-state index is 13.4. The van der Waals surface area contributed by atoms with Gasteiger partial charge in [0.25, 0.3) is 5.69 Å². The first-order chi connectivity index (χ1) is 16.0. The van der Waals surface area contributed by atoms with E-state index in [0.717, 1.165) is 16.6 Å². The number of anilines is 1. The van der Waals surface area contributed by atoms with Crippen molar-refractivity contribution in [3.8, 4) is 5.75 Å². The van der Waals surface area contributed by atoms with Gasteiger partial charge in [0.15, 0.2) is 0 Å². The van der Waals surface area contributed by atoms with Crippen LogP contribution in [0.4, 0.5) is 11.4 Å². The van der Waals surface area contributed by atoms with E-state index in [4.69, 9.17) is 4.74 Å². The summed E-state index contributed by atoms with van der Waals surface area (Å²) in [4.78, 5) is 37.7. The Morgan fingerprint density at radius 1 is 1.18 bits per heavy atom. The van der Waals surface area contributed by atoms with Crippen LogP contribution >= 0.6 is 0 Å². The molecule has 0 fully saturated rings. The Kier molecular flexibility index (Phi) is 8.96. The molecule has 12 heteroatoms. The van der Waals surface area contributed by atoms with E-state index in [9.17, 15) is 28.1 Å². The first-order valence-electron chi connectivity index (χ1n) is 10.4. The Hall–Kier alpha value is -3.67. The van der Waals surface area contributed by atoms with Crippen LogP contribution in [0.1, 0.15) is 19.4 Å². The zero-order chi connectivity index (χ0) is 25.5. The topological polar surface area (TPSA) is 139 Å². The van der Waals surface area contributed by atoms with Gasteiger partial charge in [-0.3, -0.25) is 24.0 Å². The highest BCUT2D eigenvalue weighted by atomic mass is 32.2. The highest BCUT2D eigenvalue weighted by molar-refractivity contribution is 7.92. The summed E-state index contributed by atoms with van der Waals surface area (Å²) in [6.45, 7) is 3.01. The molecule has 0 aromatic heterocycles. The molecule has 0 heterocycles. The van der Waals surface area contributed by atoms with Crippen molar-refractivity contribution in [2.75, 3.05) is 30.8 Å². The Labute approximate surface area is 198 Å². The lowest BCUT2D eigenvalue weighted by Crippen LogP contribution is -2.51. The molecule has 1 atom stereocenters. The molecule has 2 aromatic rings. The summed E-state index contributed by atoms with van der Waals surface area (Å²) in [6.07, 6.45) is 0.902. The van der Waals surface area contributed by atoms with Crippen molar-refractivity contribution in [1.29, 1.82) is 0 Å². The number of carbonyl (C=O) groups is 2. The predicted octanol–water partition coefficient (Wildman–Crippen LogP) is 1.92. The van der Waals surface area contributed by atoms with E-state index in [0.29, 0.717) is 17.9 Å². The van der Waals surface area contributed by atoms with E-state index in [1.165, 1.54) is 30.2 Å². The van der Waals surface area contributed by atoms with Gasteiger partial charge in [0.2, 0.25) is 21.8 Å². The lowest BCUT2D eigenvalue weighted by atomic mass is 10.1. The molecular formula is C22H28N4O7S. The number of ether oxygens (including phenoxy) is 1. The maximum atomic E-state index is 13.4. The van der Waals surface area contributed by atoms with Crippen LogP contribution in [0.5, 0.6) is 5.75 Å². The second-order valence-electron chi connectivity index (χ2n) is 7.49. The summed E-state index contributed by atoms with van der Waals surface area (Å²) in [5.74, 6) is -0.497. The highest BCUT2D eigenvalue weighted by Crippen LogP contribution is 2.24. The monoisotopic (exact) mass is 492 g/mol. The number of nitrogens with zero attached hydrogens (tertiary/aromatic N) is 3. The molecule has 0 unspecified atom stereocenters. The van der Waals surface area contributed by atoms with Crippen LogP contribution in [0.3, 0.4) is 0 Å². The zero-order valence-corrected chi connectivity index (χ0v) is 20.2. The van der Waals surface area contributed by atoms with Crippen molar-refractivity contribution in [3.05, 3.63) is 64.2 Å². The van der Waals surface area contributed by atoms with Gasteiger partial charge in [-0.1, -0.05) is 18.2 Å². The van der Waals surface area contributed by atoms with Gasteiger partial charge < -0.3 is 15.0 Å². The van der Waals surface area contributed by atoms with Gasteiger partial charge in [-0.25, -0.2) is 8.42 Å². The van der Waals surface area contributed by atoms with Crippen molar-refractivity contribution in [3.63, 3.8) is 0 Å². The molecule has 0 aliphatic carbocycles. The van der Waals surface area contributed by atoms with Gasteiger partial charge in [0.1, 0.15) is 18.3 Å². The number of carbonyl (C=O) groups excluding carboxylic acids is 2. The van der Waals surface area contributed by atoms with E-state index in [2.05, 4.69) is 5.32 Å². The number of amides is 2. The van der Waals surface area contributed by atoms with Crippen LogP contribution in [0.15, 0.2) is 48.5 Å². The number of sulfonamides is 1. The summed E-state index contributed by atoms with van der Waals surface area (Å²) in [6, 6.07) is 11.0. The molecule has 0 aliphatic rings. The van der Waals surface area contributed by atoms with Gasteiger partial charge in [0, 0.05) is 25.2 Å². The summed E-state index contributed by atoms with van der Waals surface area (Å²) >= 11 is 0. The zero-order valence-electron chi connectivity index (χ0n) is 19.4. The third kappa shape index (κ3) is 6.91. The van der Waals surface area contributed by atoms with Crippen LogP contribution in [0, 0.1) is 10.1 Å². The molecule has 0 saturated heterocycles. The maximum Gasteiger partial charge on any atom is 0.271 e. The molecule has 1 N–H and O–H groups in total. The van der Waals surface area contributed by atoms with E-state index >= 15 is 0 Å². The third-order valence-electron chi connectivity index (χ3n) is 5.01. The minimum atomic E-state index is -3.99. The SMILES string of the molecule is CCNC(=O)[C@@H](C)N(Cc1cccc(OC)c1)C(=O)CN(c1cccc([N+](=O)[O-])c1)S(C)(=O)=O. The number of nitrogens with one attached hydrogen (secondary N) is 1. The van der Waals surface area contributed by atoms with Gasteiger partial charge in [0.05, 0.1) is 24.0 Å². The van der Waals surface area contributed by atoms with Gasteiger partial charge >= 0.3 is 0 Å². The summed E-state index contributed by atoms with van der Waals surface area (Å²) in [5, 5.41) is 13.8. The minimum Gasteiger partial charge on any atom is -0.497 e. The number of methoxy groups -OCH3 is 1. The Balaban J connectivity index is 2.43. The number of non-ortho nitro benzene ring substituents is 1. The van der Waals surface area contributed by atoms with E-state index in [-0.39, 0.29) is 17.9 Å². The quantitative estimate of drug-likeness (QED) is 0.373. The fourth-order valence-corrected chi connectivity index (χ4v) is 4.09. The van der Waals surface area contributed by atoms with Crippen molar-refractivity contribution in [2.45, 2.75) is 26.4 Å². The number of benzene rings is 2. The lowest BCUT2D eigenvalue weighted by Gasteiger charge is -2.31. The Morgan fingerprint density at radius 3 is 2.44 bits per heavy atom. The Morgan fingerprint density at radius 2 is 1.85 bits per heavy atom. The standard InChI is InChI=1S/C22H28N4O7S/c1-5-23-22(28)16(2)24(14-17-8-6-11-20(12-17)33-3)21(27)15-25(34(4,31)32)18-9-7-10-19(13-18)26(29)30/h6-13,16H,5,14-15H2,1-4H3,(H,23,28)/t16-/m1/s1. The average Bonchev–Trinajstić information content (AvgIpc) is 2.80. The van der Waals surface area contributed by atoms with Gasteiger partial charge in [-0.05, 0) is 37.6 Å². The molecule has 184 valence electrons. The molecule has 0 aliphatic heterocycles. The predicted molar refractivity (Wildman–Crippen MR) is 127 cm³/mol. The first kappa shape index (κ1) is 26.6. The summed E-state index contributed by atoms with van der Waals surface area (Å²) < 4.78 is 31.0. The van der Waals surface area contributed by atoms with Gasteiger partial charge in [-0.2, -0.15) is 0 Å². The second-order valence-corrected chi connectivity index (χ2v) is 9.40. The number of hydrogen-bond acceptors (Lipinski definition) is 7. The number of nitro benzene ring substituents is 1. The molecule has 0 spiro atoms.